The first-order valence-corrected chi connectivity index (χ1v) is 6.93. The summed E-state index contributed by atoms with van der Waals surface area (Å²) in [4.78, 5) is 22.1. The zero-order valence-electron chi connectivity index (χ0n) is 12.1. The summed E-state index contributed by atoms with van der Waals surface area (Å²) < 4.78 is 5.05. The van der Waals surface area contributed by atoms with Crippen LogP contribution in [0.4, 0.5) is 4.79 Å². The molecule has 0 saturated heterocycles. The van der Waals surface area contributed by atoms with Gasteiger partial charge >= 0.3 is 12.1 Å². The van der Waals surface area contributed by atoms with E-state index in [0.29, 0.717) is 19.4 Å². The molecular weight excluding hydrogens is 272 g/mol. The van der Waals surface area contributed by atoms with Crippen LogP contribution in [-0.2, 0) is 16.1 Å². The molecule has 6 heteroatoms. The van der Waals surface area contributed by atoms with Crippen molar-refractivity contribution in [3.8, 4) is 0 Å². The molecule has 0 radical (unpaired) electrons. The first kappa shape index (κ1) is 17.0. The van der Waals surface area contributed by atoms with Crippen molar-refractivity contribution in [2.75, 3.05) is 6.54 Å². The van der Waals surface area contributed by atoms with Crippen LogP contribution in [0.2, 0.25) is 0 Å². The second-order valence-electron chi connectivity index (χ2n) is 4.97. The molecule has 2 atom stereocenters. The highest BCUT2D eigenvalue weighted by molar-refractivity contribution is 5.73. The Labute approximate surface area is 124 Å². The topological polar surface area (TPSA) is 102 Å². The average Bonchev–Trinajstić information content (AvgIpc) is 2.49. The molecule has 0 heterocycles. The molecule has 1 rings (SSSR count). The highest BCUT2D eigenvalue weighted by atomic mass is 16.5. The van der Waals surface area contributed by atoms with Crippen LogP contribution < -0.4 is 11.1 Å². The fraction of sp³-hybridized carbons (Fsp3) is 0.467. The minimum absolute atomic E-state index is 0.135. The van der Waals surface area contributed by atoms with Gasteiger partial charge in [0.1, 0.15) is 12.6 Å². The Morgan fingerprint density at radius 3 is 2.62 bits per heavy atom. The van der Waals surface area contributed by atoms with Gasteiger partial charge in [0.05, 0.1) is 0 Å². The van der Waals surface area contributed by atoms with Crippen LogP contribution in [0.15, 0.2) is 30.3 Å². The predicted octanol–water partition coefficient (Wildman–Crippen LogP) is 1.74. The van der Waals surface area contributed by atoms with Crippen molar-refractivity contribution in [3.63, 3.8) is 0 Å². The highest BCUT2D eigenvalue weighted by Gasteiger charge is 2.19. The maximum atomic E-state index is 11.5. The Morgan fingerprint density at radius 2 is 2.00 bits per heavy atom. The number of nitrogens with one attached hydrogen (secondary N) is 1. The van der Waals surface area contributed by atoms with Crippen LogP contribution >= 0.6 is 0 Å². The molecule has 116 valence electrons. The summed E-state index contributed by atoms with van der Waals surface area (Å²) in [5.74, 6) is -1.14. The highest BCUT2D eigenvalue weighted by Crippen LogP contribution is 2.09. The average molecular weight is 294 g/mol. The molecule has 0 aromatic heterocycles. The zero-order chi connectivity index (χ0) is 15.7. The summed E-state index contributed by atoms with van der Waals surface area (Å²) in [6, 6.07) is 8.54. The first-order valence-electron chi connectivity index (χ1n) is 6.93. The molecule has 21 heavy (non-hydrogen) atoms. The van der Waals surface area contributed by atoms with E-state index in [1.54, 1.807) is 6.92 Å². The lowest BCUT2D eigenvalue weighted by Gasteiger charge is -2.15. The fourth-order valence-corrected chi connectivity index (χ4v) is 1.81. The van der Waals surface area contributed by atoms with Crippen molar-refractivity contribution in [3.05, 3.63) is 35.9 Å². The number of carbonyl (C=O) groups is 2. The Morgan fingerprint density at radius 1 is 1.33 bits per heavy atom. The summed E-state index contributed by atoms with van der Waals surface area (Å²) in [5, 5.41) is 11.4. The molecule has 6 nitrogen and oxygen atoms in total. The van der Waals surface area contributed by atoms with Gasteiger partial charge in [-0.15, -0.1) is 0 Å². The zero-order valence-corrected chi connectivity index (χ0v) is 12.1. The SMILES string of the molecule is CC(CCCNC(=O)OCc1ccccc1)[C@H](N)C(=O)O. The van der Waals surface area contributed by atoms with Crippen molar-refractivity contribution in [1.29, 1.82) is 0 Å². The largest absolute Gasteiger partial charge is 0.480 e. The molecule has 0 aliphatic heterocycles. The number of hydrogen-bond donors (Lipinski definition) is 3. The number of carboxylic acid groups (broad SMARTS) is 1. The van der Waals surface area contributed by atoms with Crippen LogP contribution in [0.1, 0.15) is 25.3 Å². The summed E-state index contributed by atoms with van der Waals surface area (Å²) in [6.45, 7) is 2.45. The van der Waals surface area contributed by atoms with E-state index in [4.69, 9.17) is 15.6 Å². The third-order valence-corrected chi connectivity index (χ3v) is 3.22. The molecule has 0 fully saturated rings. The number of carboxylic acids is 1. The number of nitrogens with two attached hydrogens (primary N) is 1. The summed E-state index contributed by atoms with van der Waals surface area (Å²) in [7, 11) is 0. The first-order chi connectivity index (χ1) is 10.0. The van der Waals surface area contributed by atoms with Crippen LogP contribution in [0.5, 0.6) is 0 Å². The van der Waals surface area contributed by atoms with E-state index in [2.05, 4.69) is 5.32 Å². The van der Waals surface area contributed by atoms with E-state index in [0.717, 1.165) is 5.56 Å². The van der Waals surface area contributed by atoms with Crippen LogP contribution in [0, 0.1) is 5.92 Å². The van der Waals surface area contributed by atoms with E-state index in [1.807, 2.05) is 30.3 Å². The van der Waals surface area contributed by atoms with Crippen molar-refractivity contribution >= 4 is 12.1 Å². The summed E-state index contributed by atoms with van der Waals surface area (Å²) in [6.07, 6.45) is 0.809. The van der Waals surface area contributed by atoms with Gasteiger partial charge in [0.25, 0.3) is 0 Å². The van der Waals surface area contributed by atoms with E-state index in [-0.39, 0.29) is 12.5 Å². The fourth-order valence-electron chi connectivity index (χ4n) is 1.81. The number of carbonyl (C=O) groups excluding carboxylic acids is 1. The summed E-state index contributed by atoms with van der Waals surface area (Å²) >= 11 is 0. The van der Waals surface area contributed by atoms with Crippen LogP contribution in [0.3, 0.4) is 0 Å². The van der Waals surface area contributed by atoms with Gasteiger partial charge < -0.3 is 20.9 Å². The van der Waals surface area contributed by atoms with Crippen molar-refractivity contribution in [1.82, 2.24) is 5.32 Å². The standard InChI is InChI=1S/C15H22N2O4/c1-11(13(16)14(18)19)6-5-9-17-15(20)21-10-12-7-3-2-4-8-12/h2-4,7-8,11,13H,5-6,9-10,16H2,1H3,(H,17,20)(H,18,19)/t11?,13-/m0/s1. The minimum Gasteiger partial charge on any atom is -0.480 e. The van der Waals surface area contributed by atoms with Gasteiger partial charge in [0, 0.05) is 6.54 Å². The quantitative estimate of drug-likeness (QED) is 0.634. The second kappa shape index (κ2) is 8.97. The predicted molar refractivity (Wildman–Crippen MR) is 78.6 cm³/mol. The normalized spacial score (nSPS) is 13.2. The van der Waals surface area contributed by atoms with E-state index in [9.17, 15) is 9.59 Å². The maximum Gasteiger partial charge on any atom is 0.407 e. The Hall–Kier alpha value is -2.08. The number of benzene rings is 1. The maximum absolute atomic E-state index is 11.5. The lowest BCUT2D eigenvalue weighted by molar-refractivity contribution is -0.139. The third kappa shape index (κ3) is 6.76. The van der Waals surface area contributed by atoms with E-state index < -0.39 is 18.1 Å². The molecule has 0 aliphatic carbocycles. The van der Waals surface area contributed by atoms with Gasteiger partial charge in [-0.25, -0.2) is 4.79 Å². The lowest BCUT2D eigenvalue weighted by atomic mass is 9.97. The third-order valence-electron chi connectivity index (χ3n) is 3.22. The molecule has 1 aromatic rings. The van der Waals surface area contributed by atoms with Crippen molar-refractivity contribution in [2.24, 2.45) is 11.7 Å². The molecule has 0 spiro atoms. The monoisotopic (exact) mass is 294 g/mol. The molecule has 4 N–H and O–H groups in total. The van der Waals surface area contributed by atoms with Crippen molar-refractivity contribution < 1.29 is 19.4 Å². The number of rotatable bonds is 8. The van der Waals surface area contributed by atoms with Gasteiger partial charge in [0.2, 0.25) is 0 Å². The number of aliphatic carboxylic acids is 1. The van der Waals surface area contributed by atoms with E-state index >= 15 is 0 Å². The second-order valence-corrected chi connectivity index (χ2v) is 4.97. The number of alkyl carbamates (subject to hydrolysis) is 1. The molecule has 1 aromatic carbocycles. The molecule has 0 aliphatic rings. The minimum atomic E-state index is -1.00. The molecule has 1 unspecified atom stereocenters. The number of ether oxygens (including phenoxy) is 1. The Bertz CT molecular complexity index is 450. The van der Waals surface area contributed by atoms with Gasteiger partial charge in [-0.1, -0.05) is 37.3 Å². The van der Waals surface area contributed by atoms with Gasteiger partial charge in [0.15, 0.2) is 0 Å². The van der Waals surface area contributed by atoms with Crippen LogP contribution in [-0.4, -0.2) is 29.8 Å². The van der Waals surface area contributed by atoms with E-state index in [1.165, 1.54) is 0 Å². The van der Waals surface area contributed by atoms with Crippen LogP contribution in [0.25, 0.3) is 0 Å². The Balaban J connectivity index is 2.12. The molecule has 0 bridgehead atoms. The van der Waals surface area contributed by atoms with Gasteiger partial charge in [-0.3, -0.25) is 4.79 Å². The molecule has 0 saturated carbocycles. The molecular formula is C15H22N2O4. The lowest BCUT2D eigenvalue weighted by Crippen LogP contribution is -2.37. The number of amides is 1. The van der Waals surface area contributed by atoms with Gasteiger partial charge in [-0.2, -0.15) is 0 Å². The number of hydrogen-bond acceptors (Lipinski definition) is 4. The van der Waals surface area contributed by atoms with Crippen molar-refractivity contribution in [2.45, 2.75) is 32.4 Å². The molecule has 1 amide bonds. The van der Waals surface area contributed by atoms with Gasteiger partial charge in [-0.05, 0) is 24.3 Å². The summed E-state index contributed by atoms with van der Waals surface area (Å²) in [5.41, 5.74) is 6.43. The Kier molecular flexibility index (Phi) is 7.25. The smallest absolute Gasteiger partial charge is 0.407 e.